The summed E-state index contributed by atoms with van der Waals surface area (Å²) >= 11 is 0. The van der Waals surface area contributed by atoms with Crippen LogP contribution in [0.15, 0.2) is 45.6 Å². The van der Waals surface area contributed by atoms with Crippen molar-refractivity contribution in [2.24, 2.45) is 0 Å². The van der Waals surface area contributed by atoms with Gasteiger partial charge in [0.1, 0.15) is 5.58 Å². The van der Waals surface area contributed by atoms with Gasteiger partial charge in [-0.1, -0.05) is 17.7 Å². The number of carbonyl (C=O) groups is 1. The molecule has 0 radical (unpaired) electrons. The number of fused-ring (bicyclic) bond motifs is 2. The molecular formula is C29H34N2O6. The predicted octanol–water partition coefficient (Wildman–Crippen LogP) is 4.17. The minimum absolute atomic E-state index is 0.129. The number of hydrogen-bond donors (Lipinski definition) is 0. The molecule has 0 saturated carbocycles. The van der Waals surface area contributed by atoms with Crippen LogP contribution in [0.1, 0.15) is 53.6 Å². The molecule has 2 aliphatic rings. The Kier molecular flexibility index (Phi) is 7.48. The fourth-order valence-electron chi connectivity index (χ4n) is 5.24. The van der Waals surface area contributed by atoms with Crippen LogP contribution in [0.25, 0.3) is 11.0 Å². The molecule has 1 aromatic heterocycles. The van der Waals surface area contributed by atoms with E-state index >= 15 is 0 Å². The molecule has 0 aliphatic carbocycles. The molecule has 2 aromatic carbocycles. The Morgan fingerprint density at radius 1 is 0.946 bits per heavy atom. The zero-order chi connectivity index (χ0) is 25.9. The van der Waals surface area contributed by atoms with Gasteiger partial charge in [-0.2, -0.15) is 0 Å². The van der Waals surface area contributed by atoms with Gasteiger partial charge in [-0.3, -0.25) is 14.5 Å². The van der Waals surface area contributed by atoms with Crippen molar-refractivity contribution in [2.75, 3.05) is 52.6 Å². The van der Waals surface area contributed by atoms with Gasteiger partial charge >= 0.3 is 0 Å². The summed E-state index contributed by atoms with van der Waals surface area (Å²) in [5.41, 5.74) is 2.41. The van der Waals surface area contributed by atoms with Crippen LogP contribution >= 0.6 is 0 Å². The summed E-state index contributed by atoms with van der Waals surface area (Å²) in [5, 5.41) is 0.489. The van der Waals surface area contributed by atoms with Crippen molar-refractivity contribution in [1.29, 1.82) is 0 Å². The third-order valence-corrected chi connectivity index (χ3v) is 6.98. The highest BCUT2D eigenvalue weighted by molar-refractivity contribution is 5.99. The molecule has 1 saturated heterocycles. The summed E-state index contributed by atoms with van der Waals surface area (Å²) in [6.07, 6.45) is 0.776. The Morgan fingerprint density at radius 3 is 2.46 bits per heavy atom. The minimum atomic E-state index is -0.566. The van der Waals surface area contributed by atoms with Crippen molar-refractivity contribution >= 4 is 16.9 Å². The molecule has 196 valence electrons. The summed E-state index contributed by atoms with van der Waals surface area (Å²) in [4.78, 5) is 31.7. The molecule has 5 rings (SSSR count). The van der Waals surface area contributed by atoms with Gasteiger partial charge in [0.25, 0.3) is 5.91 Å². The molecule has 2 aliphatic heterocycles. The molecule has 0 unspecified atom stereocenters. The second-order valence-corrected chi connectivity index (χ2v) is 9.45. The van der Waals surface area contributed by atoms with Gasteiger partial charge < -0.3 is 23.5 Å². The Labute approximate surface area is 216 Å². The smallest absolute Gasteiger partial charge is 0.290 e. The van der Waals surface area contributed by atoms with Gasteiger partial charge in [-0.05, 0) is 57.0 Å². The van der Waals surface area contributed by atoms with Crippen LogP contribution in [-0.2, 0) is 4.74 Å². The van der Waals surface area contributed by atoms with Crippen molar-refractivity contribution in [1.82, 2.24) is 9.80 Å². The molecular weight excluding hydrogens is 472 g/mol. The van der Waals surface area contributed by atoms with E-state index in [0.29, 0.717) is 47.8 Å². The molecule has 0 spiro atoms. The van der Waals surface area contributed by atoms with Crippen LogP contribution in [0.2, 0.25) is 0 Å². The van der Waals surface area contributed by atoms with Crippen LogP contribution in [0.3, 0.4) is 0 Å². The van der Waals surface area contributed by atoms with E-state index < -0.39 is 6.04 Å². The summed E-state index contributed by atoms with van der Waals surface area (Å²) < 4.78 is 23.2. The van der Waals surface area contributed by atoms with Gasteiger partial charge in [0.15, 0.2) is 16.9 Å². The number of hydrogen-bond acceptors (Lipinski definition) is 7. The molecule has 0 N–H and O–H groups in total. The van der Waals surface area contributed by atoms with Gasteiger partial charge in [-0.25, -0.2) is 0 Å². The standard InChI is InChI=1S/C29H34N2O6/c1-4-35-23-10-8-20(18-24(23)36-5-2)26-25-27(32)21-17-19(3)7-9-22(21)37-28(25)29(33)31(26)12-6-11-30-13-15-34-16-14-30/h7-10,17-18,26H,4-6,11-16H2,1-3H3/t26-/m0/s1. The maximum atomic E-state index is 13.8. The third kappa shape index (κ3) is 4.95. The summed E-state index contributed by atoms with van der Waals surface area (Å²) in [6.45, 7) is 11.3. The van der Waals surface area contributed by atoms with Gasteiger partial charge in [0.2, 0.25) is 5.76 Å². The molecule has 1 atom stereocenters. The molecule has 8 nitrogen and oxygen atoms in total. The predicted molar refractivity (Wildman–Crippen MR) is 141 cm³/mol. The van der Waals surface area contributed by atoms with E-state index in [1.165, 1.54) is 0 Å². The van der Waals surface area contributed by atoms with Crippen LogP contribution in [-0.4, -0.2) is 68.3 Å². The van der Waals surface area contributed by atoms with Crippen molar-refractivity contribution < 1.29 is 23.4 Å². The maximum absolute atomic E-state index is 13.8. The van der Waals surface area contributed by atoms with E-state index in [0.717, 1.165) is 50.4 Å². The average Bonchev–Trinajstić information content (AvgIpc) is 3.18. The lowest BCUT2D eigenvalue weighted by atomic mass is 9.97. The van der Waals surface area contributed by atoms with Crippen molar-refractivity contribution in [3.05, 3.63) is 69.1 Å². The lowest BCUT2D eigenvalue weighted by Crippen LogP contribution is -2.38. The quantitative estimate of drug-likeness (QED) is 0.431. The van der Waals surface area contributed by atoms with Crippen LogP contribution in [0, 0.1) is 6.92 Å². The number of amides is 1. The Hall–Kier alpha value is -3.36. The highest BCUT2D eigenvalue weighted by Gasteiger charge is 2.42. The molecule has 8 heteroatoms. The van der Waals surface area contributed by atoms with Gasteiger partial charge in [0.05, 0.1) is 43.4 Å². The lowest BCUT2D eigenvalue weighted by molar-refractivity contribution is 0.0353. The summed E-state index contributed by atoms with van der Waals surface area (Å²) in [5.74, 6) is 1.10. The normalized spacial score (nSPS) is 17.9. The third-order valence-electron chi connectivity index (χ3n) is 6.98. The number of benzene rings is 2. The SMILES string of the molecule is CCOc1ccc([C@H]2c3c(oc4ccc(C)cc4c3=O)C(=O)N2CCCN2CCOCC2)cc1OCC. The highest BCUT2D eigenvalue weighted by Crippen LogP contribution is 2.41. The number of carbonyl (C=O) groups excluding carboxylic acids is 1. The second-order valence-electron chi connectivity index (χ2n) is 9.45. The lowest BCUT2D eigenvalue weighted by Gasteiger charge is -2.29. The van der Waals surface area contributed by atoms with Crippen LogP contribution in [0.4, 0.5) is 0 Å². The molecule has 3 heterocycles. The van der Waals surface area contributed by atoms with Crippen molar-refractivity contribution in [3.8, 4) is 11.5 Å². The molecule has 1 fully saturated rings. The first kappa shape index (κ1) is 25.3. The first-order valence-corrected chi connectivity index (χ1v) is 13.1. The Bertz CT molecular complexity index is 1340. The summed E-state index contributed by atoms with van der Waals surface area (Å²) in [6, 6.07) is 10.6. The number of morpholine rings is 1. The van der Waals surface area contributed by atoms with Gasteiger partial charge in [0, 0.05) is 26.2 Å². The molecule has 0 bridgehead atoms. The number of rotatable bonds is 9. The fourth-order valence-corrected chi connectivity index (χ4v) is 5.24. The zero-order valence-electron chi connectivity index (χ0n) is 21.7. The summed E-state index contributed by atoms with van der Waals surface area (Å²) in [7, 11) is 0. The fraction of sp³-hybridized carbons (Fsp3) is 0.448. The minimum Gasteiger partial charge on any atom is -0.490 e. The Morgan fingerprint density at radius 2 is 1.70 bits per heavy atom. The first-order chi connectivity index (χ1) is 18.0. The molecule has 3 aromatic rings. The van der Waals surface area contributed by atoms with Crippen molar-refractivity contribution in [3.63, 3.8) is 0 Å². The topological polar surface area (TPSA) is 81.5 Å². The van der Waals surface area contributed by atoms with Crippen molar-refractivity contribution in [2.45, 2.75) is 33.2 Å². The largest absolute Gasteiger partial charge is 0.490 e. The first-order valence-electron chi connectivity index (χ1n) is 13.1. The highest BCUT2D eigenvalue weighted by atomic mass is 16.5. The van der Waals surface area contributed by atoms with E-state index in [2.05, 4.69) is 4.90 Å². The van der Waals surface area contributed by atoms with E-state index in [1.807, 2.05) is 51.1 Å². The van der Waals surface area contributed by atoms with Crippen LogP contribution < -0.4 is 14.9 Å². The average molecular weight is 507 g/mol. The number of ether oxygens (including phenoxy) is 3. The van der Waals surface area contributed by atoms with E-state index in [-0.39, 0.29) is 17.1 Å². The monoisotopic (exact) mass is 506 g/mol. The molecule has 1 amide bonds. The Balaban J connectivity index is 1.57. The maximum Gasteiger partial charge on any atom is 0.290 e. The molecule has 37 heavy (non-hydrogen) atoms. The second kappa shape index (κ2) is 10.9. The number of nitrogens with zero attached hydrogens (tertiary/aromatic N) is 2. The van der Waals surface area contributed by atoms with Crippen LogP contribution in [0.5, 0.6) is 11.5 Å². The van der Waals surface area contributed by atoms with E-state index in [1.54, 1.807) is 11.0 Å². The van der Waals surface area contributed by atoms with Gasteiger partial charge in [-0.15, -0.1) is 0 Å². The van der Waals surface area contributed by atoms with E-state index in [4.69, 9.17) is 18.6 Å². The zero-order valence-corrected chi connectivity index (χ0v) is 21.7. The number of aryl methyl sites for hydroxylation is 1. The van der Waals surface area contributed by atoms with E-state index in [9.17, 15) is 9.59 Å².